The molecular weight excluding hydrogens is 1390 g/mol. The number of hydroxylamine groups is 1. The van der Waals surface area contributed by atoms with E-state index in [2.05, 4.69) is 47.5 Å². The van der Waals surface area contributed by atoms with Gasteiger partial charge in [-0.05, 0) is 118 Å². The van der Waals surface area contributed by atoms with Crippen LogP contribution in [0.25, 0.3) is 5.57 Å². The number of nitrogens with zero attached hydrogens (tertiary/aromatic N) is 5. The van der Waals surface area contributed by atoms with E-state index in [1.165, 1.54) is 17.6 Å². The van der Waals surface area contributed by atoms with E-state index in [1.807, 2.05) is 92.0 Å². The number of urea groups is 1. The fourth-order valence-electron chi connectivity index (χ4n) is 13.8. The lowest BCUT2D eigenvalue weighted by atomic mass is 9.82. The van der Waals surface area contributed by atoms with Crippen LogP contribution in [0, 0.1) is 11.8 Å². The minimum absolute atomic E-state index is 0.00620. The van der Waals surface area contributed by atoms with E-state index < -0.39 is 77.7 Å². The van der Waals surface area contributed by atoms with E-state index in [0.29, 0.717) is 134 Å². The first-order chi connectivity index (χ1) is 51.3. The number of fused-ring (bicyclic) bond motifs is 3. The molecule has 2 fully saturated rings. The summed E-state index contributed by atoms with van der Waals surface area (Å²) in [4.78, 5) is 135. The average Bonchev–Trinajstić information content (AvgIpc) is 1.10. The maximum Gasteiger partial charge on any atom is 0.315 e. The first kappa shape index (κ1) is 80.8. The number of ketones is 1. The normalized spacial score (nSPS) is 17.7. The van der Waals surface area contributed by atoms with E-state index in [0.717, 1.165) is 35.6 Å². The second-order valence-electron chi connectivity index (χ2n) is 28.6. The molecule has 0 spiro atoms. The highest BCUT2D eigenvalue weighted by Crippen LogP contribution is 2.45. The summed E-state index contributed by atoms with van der Waals surface area (Å²) in [6.07, 6.45) is 11.0. The van der Waals surface area contributed by atoms with Crippen LogP contribution in [0.15, 0.2) is 115 Å². The number of unbranched alkanes of at least 4 members (excludes halogenated alkanes) is 5. The maximum atomic E-state index is 14.5. The minimum Gasteiger partial charge on any atom is -0.545 e. The lowest BCUT2D eigenvalue weighted by molar-refractivity contribution is -0.465. The van der Waals surface area contributed by atoms with Crippen molar-refractivity contribution in [3.8, 4) is 5.75 Å². The molecule has 4 aromatic carbocycles. The second kappa shape index (κ2) is 38.8. The molecule has 6 unspecified atom stereocenters. The van der Waals surface area contributed by atoms with Crippen LogP contribution in [0.1, 0.15) is 169 Å². The van der Waals surface area contributed by atoms with Crippen molar-refractivity contribution >= 4 is 87.9 Å². The van der Waals surface area contributed by atoms with Crippen molar-refractivity contribution in [1.29, 1.82) is 0 Å². The SMILES string of the molecule is CC(C)C[C@@H](C(=O)N[C@H](Cc1ccc(C(=O)c2ccccc2)cc1)C(=O)NCCCCc1cn(CCCCCC(NC(=O)c2ccc(C3=C4C=CC(=[N+](C)C)CC4Oc4cc(N(C)C)ccc43)c(C(=O)[O-])c2)C(=O)NC(CCCCNC(=O)CCCCC2SCC3NC(=O)NC32)C(N)=O)nn1)[C@@H](O)C(=O)NO. The van der Waals surface area contributed by atoms with Crippen molar-refractivity contribution in [3.63, 3.8) is 0 Å². The number of allylic oxidation sites excluding steroid dienone is 1. The highest BCUT2D eigenvalue weighted by Gasteiger charge is 2.43. The van der Waals surface area contributed by atoms with Gasteiger partial charge in [-0.1, -0.05) is 99.0 Å². The second-order valence-corrected chi connectivity index (χ2v) is 29.8. The van der Waals surface area contributed by atoms with Gasteiger partial charge >= 0.3 is 6.03 Å². The van der Waals surface area contributed by atoms with Crippen molar-refractivity contribution in [2.45, 2.75) is 177 Å². The van der Waals surface area contributed by atoms with Gasteiger partial charge in [0.1, 0.15) is 50.2 Å². The van der Waals surface area contributed by atoms with Gasteiger partial charge in [0.2, 0.25) is 29.5 Å². The topological polar surface area (TPSA) is 403 Å². The van der Waals surface area contributed by atoms with Crippen molar-refractivity contribution in [2.75, 3.05) is 51.9 Å². The molecule has 28 nitrogen and oxygen atoms in total. The summed E-state index contributed by atoms with van der Waals surface area (Å²) in [5, 5.41) is 62.3. The Bertz CT molecular complexity index is 4120. The van der Waals surface area contributed by atoms with E-state index in [-0.39, 0.29) is 79.1 Å². The third kappa shape index (κ3) is 22.4. The number of thioether (sulfide) groups is 1. The molecule has 4 aliphatic rings. The highest BCUT2D eigenvalue weighted by molar-refractivity contribution is 8.00. The average molecular weight is 1490 g/mol. The zero-order valence-electron chi connectivity index (χ0n) is 61.5. The molecule has 5 aromatic rings. The van der Waals surface area contributed by atoms with Crippen molar-refractivity contribution in [2.24, 2.45) is 17.6 Å². The van der Waals surface area contributed by atoms with Gasteiger partial charge < -0.3 is 67.6 Å². The third-order valence-electron chi connectivity index (χ3n) is 19.7. The number of nitrogens with two attached hydrogens (primary N) is 1. The number of carboxylic acids is 1. The zero-order valence-corrected chi connectivity index (χ0v) is 62.3. The maximum absolute atomic E-state index is 14.5. The quantitative estimate of drug-likeness (QED) is 0.00653. The number of carboxylic acid groups (broad SMARTS) is 1. The number of anilines is 1. The number of aliphatic hydroxyl groups is 1. The van der Waals surface area contributed by atoms with E-state index >= 15 is 0 Å². The Morgan fingerprint density at radius 3 is 2.18 bits per heavy atom. The van der Waals surface area contributed by atoms with Crippen LogP contribution in [0.2, 0.25) is 0 Å². The van der Waals surface area contributed by atoms with Crippen LogP contribution < -0.4 is 63.2 Å². The Labute approximate surface area is 627 Å². The van der Waals surface area contributed by atoms with Crippen molar-refractivity contribution in [1.82, 2.24) is 57.7 Å². The van der Waals surface area contributed by atoms with Crippen molar-refractivity contribution in [3.05, 3.63) is 160 Å². The largest absolute Gasteiger partial charge is 0.545 e. The highest BCUT2D eigenvalue weighted by atomic mass is 32.2. The predicted octanol–water partition coefficient (Wildman–Crippen LogP) is 4.21. The lowest BCUT2D eigenvalue weighted by Crippen LogP contribution is -2.53. The molecule has 0 bridgehead atoms. The Morgan fingerprint density at radius 2 is 1.46 bits per heavy atom. The number of carbonyl (C=O) groups excluding carboxylic acids is 10. The monoisotopic (exact) mass is 1490 g/mol. The van der Waals surface area contributed by atoms with E-state index in [4.69, 9.17) is 10.5 Å². The van der Waals surface area contributed by atoms with Crippen LogP contribution >= 0.6 is 11.8 Å². The van der Waals surface area contributed by atoms with Crippen molar-refractivity contribution < 1.29 is 72.7 Å². The van der Waals surface area contributed by atoms with Gasteiger partial charge in [0.15, 0.2) is 11.5 Å². The van der Waals surface area contributed by atoms with Gasteiger partial charge in [0.25, 0.3) is 11.8 Å². The number of rotatable bonds is 40. The number of nitrogens with one attached hydrogen (secondary N) is 8. The molecular formula is C78H100N14O14S. The predicted molar refractivity (Wildman–Crippen MR) is 401 cm³/mol. The fraction of sp³-hybridized carbons (Fsp3) is 0.474. The Balaban J connectivity index is 0.805. The fourth-order valence-corrected chi connectivity index (χ4v) is 15.3. The van der Waals surface area contributed by atoms with Gasteiger partial charge in [0, 0.05) is 121 Å². The third-order valence-corrected chi connectivity index (χ3v) is 21.2. The lowest BCUT2D eigenvalue weighted by Gasteiger charge is -2.33. The van der Waals surface area contributed by atoms with Crippen LogP contribution in [0.5, 0.6) is 5.75 Å². The molecule has 9 atom stereocenters. The first-order valence-corrected chi connectivity index (χ1v) is 37.8. The summed E-state index contributed by atoms with van der Waals surface area (Å²) < 4.78 is 10.3. The van der Waals surface area contributed by atoms with Crippen LogP contribution in [-0.2, 0) is 48.2 Å². The number of amides is 9. The summed E-state index contributed by atoms with van der Waals surface area (Å²) in [5.74, 6) is -6.51. The number of ether oxygens (including phenoxy) is 1. The zero-order chi connectivity index (χ0) is 76.8. The van der Waals surface area contributed by atoms with Gasteiger partial charge in [-0.15, -0.1) is 5.10 Å². The molecule has 2 saturated heterocycles. The summed E-state index contributed by atoms with van der Waals surface area (Å²) in [6, 6.07) is 22.1. The number of aryl methyl sites for hydroxylation is 2. The molecule has 107 heavy (non-hydrogen) atoms. The molecule has 0 saturated carbocycles. The van der Waals surface area contributed by atoms with Gasteiger partial charge in [0.05, 0.1) is 36.1 Å². The summed E-state index contributed by atoms with van der Waals surface area (Å²) in [6.45, 7) is 4.60. The molecule has 0 radical (unpaired) electrons. The molecule has 4 heterocycles. The standard InChI is InChI=1S/C78H100N14O14S/c1-46(2)39-58(70(95)76(101)88-105)73(98)84-61(40-47-26-28-49(29-27-47)69(94)48-19-9-7-10-20-48)74(99)81-37-16-14-21-51-44-92(89-87-51)38-18-8-11-23-60(75(100)82-59(71(79)96)22-15-17-36-80-66(93)25-13-12-24-65-68-62(45-107-65)85-78(104)86-68)83-72(97)50-30-33-54(57(41-50)77(102)103)67-55-34-31-52(90(3)4)42-63(55)106-64-43-53(91(5)6)32-35-56(64)67/h7,9-10,19-20,26-35,41-42,44,46,58-62,64-65,68,70,95H,8,11-18,21-25,36-40,43,45H2,1-6H3,(H11-,79,80,81,82,83,84,85,86,87,88,89,93,96,97,98,99,100,101,102,103,104,105)/t58-,59?,60?,61-,62?,64?,65?,68?,70-/m1/s1. The minimum atomic E-state index is -1.90. The molecule has 12 N–H and O–H groups in total. The number of aromatic carboxylic acids is 1. The number of hydrogen-bond donors (Lipinski definition) is 11. The summed E-state index contributed by atoms with van der Waals surface area (Å²) in [7, 11) is 7.70. The Hall–Kier alpha value is -10.3. The first-order valence-electron chi connectivity index (χ1n) is 36.8. The number of aliphatic hydroxyl groups excluding tert-OH is 1. The number of hydrogen-bond acceptors (Lipinski definition) is 18. The van der Waals surface area contributed by atoms with Gasteiger partial charge in [-0.25, -0.2) is 14.9 Å². The van der Waals surface area contributed by atoms with Gasteiger partial charge in [-0.3, -0.25) is 48.2 Å². The molecule has 572 valence electrons. The Morgan fingerprint density at radius 1 is 0.757 bits per heavy atom. The number of carbonyl (C=O) groups is 10. The number of primary amides is 1. The van der Waals surface area contributed by atoms with Crippen LogP contribution in [0.3, 0.4) is 0 Å². The van der Waals surface area contributed by atoms with Crippen LogP contribution in [0.4, 0.5) is 10.5 Å². The van der Waals surface area contributed by atoms with E-state index in [9.17, 15) is 63.4 Å². The molecule has 9 rings (SSSR count). The molecule has 3 aliphatic heterocycles. The molecule has 29 heteroatoms. The summed E-state index contributed by atoms with van der Waals surface area (Å²) in [5.41, 5.74) is 13.4. The summed E-state index contributed by atoms with van der Waals surface area (Å²) >= 11 is 1.83. The molecule has 1 aliphatic carbocycles. The molecule has 9 amide bonds. The number of aromatic nitrogens is 3. The number of benzene rings is 4. The molecule has 1 aromatic heterocycles. The Kier molecular flexibility index (Phi) is 29.3. The van der Waals surface area contributed by atoms with E-state index in [1.54, 1.807) is 73.1 Å². The van der Waals surface area contributed by atoms with Gasteiger partial charge in [-0.2, -0.15) is 11.8 Å². The van der Waals surface area contributed by atoms with Crippen LogP contribution in [-0.4, -0.2) is 189 Å². The smallest absolute Gasteiger partial charge is 0.315 e.